The van der Waals surface area contributed by atoms with Crippen molar-refractivity contribution in [2.24, 2.45) is 0 Å². The van der Waals surface area contributed by atoms with Crippen LogP contribution in [0.25, 0.3) is 0 Å². The van der Waals surface area contributed by atoms with E-state index in [0.717, 1.165) is 19.4 Å². The lowest BCUT2D eigenvalue weighted by Crippen LogP contribution is -2.33. The number of sulfonamides is 1. The molecule has 0 aromatic carbocycles. The van der Waals surface area contributed by atoms with Crippen LogP contribution in [0.2, 0.25) is 0 Å². The molecule has 1 aromatic heterocycles. The standard InChI is InChI=1S/C14H23N3O3S/c1-16(11-2-3-11)7-6-15-21(19,20)14-8-13(10-18)17(9-14)12-4-5-12/h8-9,11-12,15,18H,2-7,10H2,1H3. The molecule has 1 aromatic rings. The molecule has 0 atom stereocenters. The Morgan fingerprint density at radius 1 is 1.38 bits per heavy atom. The van der Waals surface area contributed by atoms with Crippen molar-refractivity contribution in [1.82, 2.24) is 14.2 Å². The Labute approximate surface area is 125 Å². The lowest BCUT2D eigenvalue weighted by Gasteiger charge is -2.15. The second-order valence-electron chi connectivity index (χ2n) is 6.07. The fraction of sp³-hybridized carbons (Fsp3) is 0.714. The van der Waals surface area contributed by atoms with Crippen LogP contribution in [0.3, 0.4) is 0 Å². The molecule has 0 saturated heterocycles. The minimum absolute atomic E-state index is 0.129. The van der Waals surface area contributed by atoms with E-state index in [1.165, 1.54) is 12.8 Å². The van der Waals surface area contributed by atoms with Gasteiger partial charge in [-0.3, -0.25) is 0 Å². The molecule has 0 bridgehead atoms. The number of nitrogens with one attached hydrogen (secondary N) is 1. The summed E-state index contributed by atoms with van der Waals surface area (Å²) < 4.78 is 29.1. The van der Waals surface area contributed by atoms with Gasteiger partial charge in [0.15, 0.2) is 0 Å². The molecule has 1 heterocycles. The number of hydrogen-bond acceptors (Lipinski definition) is 4. The topological polar surface area (TPSA) is 74.6 Å². The van der Waals surface area contributed by atoms with E-state index in [9.17, 15) is 13.5 Å². The Morgan fingerprint density at radius 3 is 2.67 bits per heavy atom. The van der Waals surface area contributed by atoms with E-state index in [4.69, 9.17) is 0 Å². The molecule has 0 aliphatic heterocycles. The van der Waals surface area contributed by atoms with E-state index in [0.29, 0.717) is 24.3 Å². The maximum atomic E-state index is 12.3. The third-order valence-corrected chi connectivity index (χ3v) is 5.67. The van der Waals surface area contributed by atoms with Gasteiger partial charge in [0.05, 0.1) is 11.5 Å². The van der Waals surface area contributed by atoms with Gasteiger partial charge in [0.25, 0.3) is 0 Å². The summed E-state index contributed by atoms with van der Waals surface area (Å²) in [6, 6.07) is 2.56. The third-order valence-electron chi connectivity index (χ3n) is 4.25. The molecule has 0 unspecified atom stereocenters. The Balaban J connectivity index is 1.63. The van der Waals surface area contributed by atoms with Gasteiger partial charge in [-0.15, -0.1) is 0 Å². The molecule has 2 aliphatic rings. The van der Waals surface area contributed by atoms with Crippen molar-refractivity contribution in [3.63, 3.8) is 0 Å². The molecule has 0 radical (unpaired) electrons. The summed E-state index contributed by atoms with van der Waals surface area (Å²) in [5.41, 5.74) is 0.674. The average Bonchev–Trinajstić information content (AvgIpc) is 3.35. The number of rotatable bonds is 8. The minimum Gasteiger partial charge on any atom is -0.390 e. The predicted octanol–water partition coefficient (Wildman–Crippen LogP) is 0.688. The van der Waals surface area contributed by atoms with Crippen LogP contribution in [0.5, 0.6) is 0 Å². The van der Waals surface area contributed by atoms with Gasteiger partial charge in [-0.2, -0.15) is 0 Å². The average molecular weight is 313 g/mol. The Morgan fingerprint density at radius 2 is 2.10 bits per heavy atom. The molecular formula is C14H23N3O3S. The Hall–Kier alpha value is -0.890. The van der Waals surface area contributed by atoms with Gasteiger partial charge in [0.1, 0.15) is 0 Å². The SMILES string of the molecule is CN(CCNS(=O)(=O)c1cc(CO)n(C2CC2)c1)C1CC1. The lowest BCUT2D eigenvalue weighted by molar-refractivity contribution is 0.270. The van der Waals surface area contributed by atoms with Crippen molar-refractivity contribution < 1.29 is 13.5 Å². The van der Waals surface area contributed by atoms with Crippen LogP contribution in [-0.2, 0) is 16.6 Å². The second-order valence-corrected chi connectivity index (χ2v) is 7.84. The summed E-state index contributed by atoms with van der Waals surface area (Å²) in [5, 5.41) is 9.35. The van der Waals surface area contributed by atoms with Crippen LogP contribution >= 0.6 is 0 Å². The highest BCUT2D eigenvalue weighted by molar-refractivity contribution is 7.89. The smallest absolute Gasteiger partial charge is 0.242 e. The number of hydrogen-bond donors (Lipinski definition) is 2. The Bertz CT molecular complexity index is 603. The van der Waals surface area contributed by atoms with Crippen LogP contribution < -0.4 is 4.72 Å². The number of aromatic nitrogens is 1. The normalized spacial score (nSPS) is 19.4. The molecule has 2 N–H and O–H groups in total. The number of likely N-dealkylation sites (N-methyl/N-ethyl adjacent to an activating group) is 1. The van der Waals surface area contributed by atoms with Crippen LogP contribution in [0, 0.1) is 0 Å². The predicted molar refractivity (Wildman–Crippen MR) is 79.5 cm³/mol. The third kappa shape index (κ3) is 3.48. The van der Waals surface area contributed by atoms with E-state index >= 15 is 0 Å². The van der Waals surface area contributed by atoms with Crippen molar-refractivity contribution in [3.8, 4) is 0 Å². The summed E-state index contributed by atoms with van der Waals surface area (Å²) in [5.74, 6) is 0. The molecule has 21 heavy (non-hydrogen) atoms. The molecular weight excluding hydrogens is 290 g/mol. The van der Waals surface area contributed by atoms with Gasteiger partial charge >= 0.3 is 0 Å². The maximum absolute atomic E-state index is 12.3. The van der Waals surface area contributed by atoms with Crippen LogP contribution in [0.4, 0.5) is 0 Å². The maximum Gasteiger partial charge on any atom is 0.242 e. The zero-order valence-corrected chi connectivity index (χ0v) is 13.1. The first-order valence-corrected chi connectivity index (χ1v) is 9.01. The summed E-state index contributed by atoms with van der Waals surface area (Å²) in [6.45, 7) is 1.01. The molecule has 2 aliphatic carbocycles. The fourth-order valence-corrected chi connectivity index (χ4v) is 3.67. The number of aliphatic hydroxyl groups is 1. The van der Waals surface area contributed by atoms with E-state index in [2.05, 4.69) is 9.62 Å². The van der Waals surface area contributed by atoms with E-state index in [1.807, 2.05) is 11.6 Å². The highest BCUT2D eigenvalue weighted by Crippen LogP contribution is 2.37. The van der Waals surface area contributed by atoms with Crippen LogP contribution in [0.15, 0.2) is 17.2 Å². The first-order chi connectivity index (χ1) is 10.0. The van der Waals surface area contributed by atoms with Gasteiger partial charge in [-0.05, 0) is 38.8 Å². The molecule has 118 valence electrons. The summed E-state index contributed by atoms with van der Waals surface area (Å²) >= 11 is 0. The lowest BCUT2D eigenvalue weighted by atomic mass is 10.4. The molecule has 2 saturated carbocycles. The van der Waals surface area contributed by atoms with Crippen molar-refractivity contribution in [2.75, 3.05) is 20.1 Å². The molecule has 6 nitrogen and oxygen atoms in total. The monoisotopic (exact) mass is 313 g/mol. The van der Waals surface area contributed by atoms with Crippen molar-refractivity contribution in [1.29, 1.82) is 0 Å². The fourth-order valence-electron chi connectivity index (χ4n) is 2.60. The minimum atomic E-state index is -3.49. The molecule has 2 fully saturated rings. The van der Waals surface area contributed by atoms with Gasteiger partial charge < -0.3 is 14.6 Å². The van der Waals surface area contributed by atoms with E-state index in [1.54, 1.807) is 12.3 Å². The molecule has 3 rings (SSSR count). The Kier molecular flexibility index (Phi) is 4.09. The van der Waals surface area contributed by atoms with E-state index in [-0.39, 0.29) is 11.5 Å². The van der Waals surface area contributed by atoms with Gasteiger partial charge in [-0.25, -0.2) is 13.1 Å². The van der Waals surface area contributed by atoms with Gasteiger partial charge in [0, 0.05) is 37.1 Å². The highest BCUT2D eigenvalue weighted by atomic mass is 32.2. The molecule has 0 amide bonds. The number of aliphatic hydroxyl groups excluding tert-OH is 1. The van der Waals surface area contributed by atoms with E-state index < -0.39 is 10.0 Å². The highest BCUT2D eigenvalue weighted by Gasteiger charge is 2.28. The first kappa shape index (κ1) is 15.0. The van der Waals surface area contributed by atoms with Crippen molar-refractivity contribution in [2.45, 2.75) is 49.3 Å². The number of nitrogens with zero attached hydrogens (tertiary/aromatic N) is 2. The zero-order chi connectivity index (χ0) is 15.0. The molecule has 0 spiro atoms. The summed E-state index contributed by atoms with van der Waals surface area (Å²) in [7, 11) is -1.46. The summed E-state index contributed by atoms with van der Waals surface area (Å²) in [4.78, 5) is 2.45. The molecule has 7 heteroatoms. The zero-order valence-electron chi connectivity index (χ0n) is 12.3. The largest absolute Gasteiger partial charge is 0.390 e. The van der Waals surface area contributed by atoms with Crippen molar-refractivity contribution >= 4 is 10.0 Å². The van der Waals surface area contributed by atoms with Gasteiger partial charge in [0.2, 0.25) is 10.0 Å². The van der Waals surface area contributed by atoms with Crippen LogP contribution in [-0.4, -0.2) is 49.2 Å². The second kappa shape index (κ2) is 5.72. The van der Waals surface area contributed by atoms with Crippen molar-refractivity contribution in [3.05, 3.63) is 18.0 Å². The quantitative estimate of drug-likeness (QED) is 0.740. The van der Waals surface area contributed by atoms with Gasteiger partial charge in [-0.1, -0.05) is 0 Å². The summed E-state index contributed by atoms with van der Waals surface area (Å²) in [6.07, 6.45) is 6.19. The first-order valence-electron chi connectivity index (χ1n) is 7.53. The van der Waals surface area contributed by atoms with Crippen LogP contribution in [0.1, 0.15) is 37.4 Å².